The lowest BCUT2D eigenvalue weighted by Gasteiger charge is -2.43. The Kier molecular flexibility index (Phi) is 8.71. The first-order chi connectivity index (χ1) is 15.1. The van der Waals surface area contributed by atoms with Crippen LogP contribution in [0.25, 0.3) is 0 Å². The minimum absolute atomic E-state index is 0.247. The van der Waals surface area contributed by atoms with Crippen LogP contribution in [0.4, 0.5) is 0 Å². The molecule has 1 aliphatic rings. The number of carbonyl (C=O) groups is 5. The maximum Gasteiger partial charge on any atom is 0.303 e. The summed E-state index contributed by atoms with van der Waals surface area (Å²) in [6.07, 6.45) is -5.72. The predicted molar refractivity (Wildman–Crippen MR) is 104 cm³/mol. The molecule has 0 amide bonds. The van der Waals surface area contributed by atoms with Crippen molar-refractivity contribution in [1.82, 2.24) is 0 Å². The lowest BCUT2D eigenvalue weighted by molar-refractivity contribution is -0.288. The standard InChI is InChI=1S/C21H24O11/c1-11(23)27-10-17-18(28-12(2)24)19(29-13(3)25)20(30-14(4)26)21(32-17)31-16-7-5-15(9-22)6-8-16/h5-9,17-21H,10H2,1-4H3/t17-,18+,19+,20-,21+/m1/s1. The second-order valence-electron chi connectivity index (χ2n) is 6.87. The molecule has 0 aliphatic carbocycles. The SMILES string of the molecule is CC(=O)OC[C@H]1O[C@H](Oc2ccc(C=O)cc2)[C@H](OC(C)=O)[C@@H](OC(C)=O)[C@H]1OC(C)=O. The summed E-state index contributed by atoms with van der Waals surface area (Å²) in [6.45, 7) is 4.21. The molecule has 0 spiro atoms. The lowest BCUT2D eigenvalue weighted by Crippen LogP contribution is -2.63. The van der Waals surface area contributed by atoms with E-state index in [1.54, 1.807) is 0 Å². The molecule has 2 rings (SSSR count). The van der Waals surface area contributed by atoms with Gasteiger partial charge in [-0.25, -0.2) is 0 Å². The van der Waals surface area contributed by atoms with Crippen molar-refractivity contribution < 1.29 is 52.4 Å². The summed E-state index contributed by atoms with van der Waals surface area (Å²) >= 11 is 0. The zero-order valence-corrected chi connectivity index (χ0v) is 18.0. The summed E-state index contributed by atoms with van der Waals surface area (Å²) < 4.78 is 32.5. The number of esters is 4. The number of aldehydes is 1. The quantitative estimate of drug-likeness (QED) is 0.316. The van der Waals surface area contributed by atoms with E-state index in [1.165, 1.54) is 31.2 Å². The fourth-order valence-corrected chi connectivity index (χ4v) is 3.04. The molecule has 0 bridgehead atoms. The molecular formula is C21H24O11. The largest absolute Gasteiger partial charge is 0.463 e. The fourth-order valence-electron chi connectivity index (χ4n) is 3.04. The van der Waals surface area contributed by atoms with Crippen molar-refractivity contribution in [1.29, 1.82) is 0 Å². The Balaban J connectivity index is 2.43. The molecule has 5 atom stereocenters. The van der Waals surface area contributed by atoms with E-state index in [9.17, 15) is 24.0 Å². The van der Waals surface area contributed by atoms with Crippen LogP contribution in [0.3, 0.4) is 0 Å². The molecule has 0 saturated carbocycles. The van der Waals surface area contributed by atoms with Gasteiger partial charge in [0.05, 0.1) is 0 Å². The Morgan fingerprint density at radius 2 is 1.34 bits per heavy atom. The molecule has 1 aromatic rings. The number of ether oxygens (including phenoxy) is 6. The number of hydrogen-bond donors (Lipinski definition) is 0. The Morgan fingerprint density at radius 3 is 1.84 bits per heavy atom. The van der Waals surface area contributed by atoms with E-state index in [4.69, 9.17) is 28.4 Å². The van der Waals surface area contributed by atoms with Gasteiger partial charge in [0.25, 0.3) is 0 Å². The van der Waals surface area contributed by atoms with Crippen LogP contribution < -0.4 is 4.74 Å². The zero-order valence-electron chi connectivity index (χ0n) is 18.0. The number of carbonyl (C=O) groups excluding carboxylic acids is 5. The van der Waals surface area contributed by atoms with Gasteiger partial charge in [0.2, 0.25) is 12.4 Å². The lowest BCUT2D eigenvalue weighted by atomic mass is 9.98. The number of rotatable bonds is 8. The summed E-state index contributed by atoms with van der Waals surface area (Å²) in [6, 6.07) is 5.96. The van der Waals surface area contributed by atoms with E-state index in [1.807, 2.05) is 0 Å². The fraction of sp³-hybridized carbons (Fsp3) is 0.476. The van der Waals surface area contributed by atoms with Gasteiger partial charge < -0.3 is 28.4 Å². The molecular weight excluding hydrogens is 428 g/mol. The summed E-state index contributed by atoms with van der Waals surface area (Å²) in [5.74, 6) is -2.58. The highest BCUT2D eigenvalue weighted by Gasteiger charge is 2.53. The van der Waals surface area contributed by atoms with Gasteiger partial charge in [0.15, 0.2) is 12.2 Å². The van der Waals surface area contributed by atoms with E-state index < -0.39 is 54.6 Å². The average Bonchev–Trinajstić information content (AvgIpc) is 2.70. The normalized spacial score (nSPS) is 24.6. The van der Waals surface area contributed by atoms with Crippen LogP contribution in [-0.4, -0.2) is 67.5 Å². The molecule has 0 radical (unpaired) electrons. The smallest absolute Gasteiger partial charge is 0.303 e. The van der Waals surface area contributed by atoms with Gasteiger partial charge in [-0.05, 0) is 24.3 Å². The minimum atomic E-state index is -1.34. The van der Waals surface area contributed by atoms with Crippen molar-refractivity contribution in [2.75, 3.05) is 6.61 Å². The van der Waals surface area contributed by atoms with Crippen molar-refractivity contribution in [2.24, 2.45) is 0 Å². The molecule has 11 heteroatoms. The van der Waals surface area contributed by atoms with E-state index in [0.717, 1.165) is 20.8 Å². The molecule has 1 heterocycles. The summed E-state index contributed by atoms with van der Waals surface area (Å²) in [7, 11) is 0. The second-order valence-corrected chi connectivity index (χ2v) is 6.87. The molecule has 1 fully saturated rings. The average molecular weight is 452 g/mol. The topological polar surface area (TPSA) is 141 Å². The first-order valence-corrected chi connectivity index (χ1v) is 9.63. The van der Waals surface area contributed by atoms with E-state index >= 15 is 0 Å². The first kappa shape index (κ1) is 24.8. The summed E-state index contributed by atoms with van der Waals surface area (Å²) in [5.41, 5.74) is 0.402. The van der Waals surface area contributed by atoms with Crippen molar-refractivity contribution in [3.05, 3.63) is 29.8 Å². The zero-order chi connectivity index (χ0) is 23.8. The molecule has 1 aliphatic heterocycles. The van der Waals surface area contributed by atoms with Crippen molar-refractivity contribution >= 4 is 30.2 Å². The first-order valence-electron chi connectivity index (χ1n) is 9.63. The van der Waals surface area contributed by atoms with Crippen LogP contribution in [-0.2, 0) is 42.9 Å². The summed E-state index contributed by atoms with van der Waals surface area (Å²) in [4.78, 5) is 57.4. The van der Waals surface area contributed by atoms with Crippen molar-refractivity contribution in [3.63, 3.8) is 0 Å². The molecule has 0 aromatic heterocycles. The Hall–Kier alpha value is -3.47. The van der Waals surface area contributed by atoms with Crippen molar-refractivity contribution in [3.8, 4) is 5.75 Å². The third kappa shape index (κ3) is 7.05. The van der Waals surface area contributed by atoms with Gasteiger partial charge in [-0.2, -0.15) is 0 Å². The highest BCUT2D eigenvalue weighted by atomic mass is 16.7. The molecule has 1 aromatic carbocycles. The Morgan fingerprint density at radius 1 is 0.812 bits per heavy atom. The highest BCUT2D eigenvalue weighted by Crippen LogP contribution is 2.31. The van der Waals surface area contributed by atoms with Crippen LogP contribution in [0.5, 0.6) is 5.75 Å². The number of hydrogen-bond acceptors (Lipinski definition) is 11. The maximum atomic E-state index is 11.8. The van der Waals surface area contributed by atoms with E-state index in [0.29, 0.717) is 11.8 Å². The van der Waals surface area contributed by atoms with Crippen LogP contribution in [0.1, 0.15) is 38.1 Å². The third-order valence-corrected chi connectivity index (χ3v) is 4.22. The van der Waals surface area contributed by atoms with Gasteiger partial charge in [-0.3, -0.25) is 24.0 Å². The number of benzene rings is 1. The van der Waals surface area contributed by atoms with Crippen LogP contribution in [0.15, 0.2) is 24.3 Å². The van der Waals surface area contributed by atoms with Crippen LogP contribution >= 0.6 is 0 Å². The molecule has 32 heavy (non-hydrogen) atoms. The molecule has 11 nitrogen and oxygen atoms in total. The third-order valence-electron chi connectivity index (χ3n) is 4.22. The van der Waals surface area contributed by atoms with Crippen LogP contribution in [0, 0.1) is 0 Å². The molecule has 1 saturated heterocycles. The highest BCUT2D eigenvalue weighted by molar-refractivity contribution is 5.74. The van der Waals surface area contributed by atoms with Gasteiger partial charge >= 0.3 is 23.9 Å². The molecule has 0 unspecified atom stereocenters. The molecule has 174 valence electrons. The maximum absolute atomic E-state index is 11.8. The van der Waals surface area contributed by atoms with Gasteiger partial charge in [0, 0.05) is 33.3 Å². The van der Waals surface area contributed by atoms with E-state index in [2.05, 4.69) is 0 Å². The monoisotopic (exact) mass is 452 g/mol. The van der Waals surface area contributed by atoms with Gasteiger partial charge in [-0.1, -0.05) is 0 Å². The molecule has 0 N–H and O–H groups in total. The predicted octanol–water partition coefficient (Wildman–Crippen LogP) is 0.961. The van der Waals surface area contributed by atoms with E-state index in [-0.39, 0.29) is 12.4 Å². The van der Waals surface area contributed by atoms with Crippen LogP contribution in [0.2, 0.25) is 0 Å². The van der Waals surface area contributed by atoms with Crippen molar-refractivity contribution in [2.45, 2.75) is 58.4 Å². The Bertz CT molecular complexity index is 848. The second kappa shape index (κ2) is 11.2. The summed E-state index contributed by atoms with van der Waals surface area (Å²) in [5, 5.41) is 0. The Labute approximate surface area is 183 Å². The van der Waals surface area contributed by atoms with Gasteiger partial charge in [-0.15, -0.1) is 0 Å². The van der Waals surface area contributed by atoms with Gasteiger partial charge in [0.1, 0.15) is 24.7 Å². The minimum Gasteiger partial charge on any atom is -0.463 e.